The first kappa shape index (κ1) is 22.5. The lowest BCUT2D eigenvalue weighted by atomic mass is 10.0. The van der Waals surface area contributed by atoms with Gasteiger partial charge in [0, 0.05) is 45.5 Å². The van der Waals surface area contributed by atoms with E-state index in [-0.39, 0.29) is 0 Å². The van der Waals surface area contributed by atoms with E-state index in [1.165, 1.54) is 25.7 Å². The van der Waals surface area contributed by atoms with Gasteiger partial charge < -0.3 is 10.3 Å². The molecule has 1 saturated carbocycles. The number of hydrogen-bond acceptors (Lipinski definition) is 4. The van der Waals surface area contributed by atoms with Gasteiger partial charge in [-0.05, 0) is 66.8 Å². The predicted octanol–water partition coefficient (Wildman–Crippen LogP) is 7.95. The molecule has 0 aliphatic heterocycles. The van der Waals surface area contributed by atoms with E-state index >= 15 is 0 Å². The second kappa shape index (κ2) is 9.30. The first-order valence-corrected chi connectivity index (χ1v) is 13.2. The van der Waals surface area contributed by atoms with Crippen LogP contribution in [0.5, 0.6) is 0 Å². The van der Waals surface area contributed by atoms with Crippen LogP contribution in [-0.4, -0.2) is 25.1 Å². The summed E-state index contributed by atoms with van der Waals surface area (Å²) in [4.78, 5) is 12.7. The van der Waals surface area contributed by atoms with Crippen molar-refractivity contribution in [1.29, 1.82) is 0 Å². The van der Waals surface area contributed by atoms with Gasteiger partial charge in [0.15, 0.2) is 0 Å². The van der Waals surface area contributed by atoms with Crippen molar-refractivity contribution in [2.24, 2.45) is 5.92 Å². The van der Waals surface area contributed by atoms with Crippen molar-refractivity contribution in [2.45, 2.75) is 25.7 Å². The molecule has 3 N–H and O–H groups in total. The fourth-order valence-corrected chi connectivity index (χ4v) is 5.66. The number of allylic oxidation sites excluding steroid dienone is 1. The van der Waals surface area contributed by atoms with Crippen molar-refractivity contribution in [3.05, 3.63) is 97.6 Å². The minimum atomic E-state index is 0.554. The molecule has 0 radical (unpaired) electrons. The highest BCUT2D eigenvalue weighted by Crippen LogP contribution is 2.35. The summed E-state index contributed by atoms with van der Waals surface area (Å²) in [7, 11) is 0. The monoisotopic (exact) mass is 496 g/mol. The number of nitrogens with zero attached hydrogens (tertiary/aromatic N) is 3. The van der Waals surface area contributed by atoms with Crippen LogP contribution in [0.4, 0.5) is 5.69 Å². The van der Waals surface area contributed by atoms with Gasteiger partial charge in [0.2, 0.25) is 0 Å². The van der Waals surface area contributed by atoms with Gasteiger partial charge in [-0.1, -0.05) is 43.7 Å². The van der Waals surface area contributed by atoms with Gasteiger partial charge in [-0.3, -0.25) is 15.1 Å². The maximum Gasteiger partial charge on any atom is 0.116 e. The molecular formula is C32H28N6. The molecule has 0 unspecified atom stereocenters. The molecule has 0 saturated heterocycles. The van der Waals surface area contributed by atoms with Crippen LogP contribution < -0.4 is 5.32 Å². The topological polar surface area (TPSA) is 82.3 Å². The number of nitrogens with one attached hydrogen (secondary N) is 3. The Balaban J connectivity index is 1.25. The van der Waals surface area contributed by atoms with Gasteiger partial charge in [0.05, 0.1) is 28.8 Å². The lowest BCUT2D eigenvalue weighted by Crippen LogP contribution is -2.07. The predicted molar refractivity (Wildman–Crippen MR) is 155 cm³/mol. The van der Waals surface area contributed by atoms with Crippen LogP contribution >= 0.6 is 0 Å². The van der Waals surface area contributed by atoms with E-state index in [0.717, 1.165) is 67.0 Å². The third-order valence-electron chi connectivity index (χ3n) is 7.65. The number of hydrogen-bond donors (Lipinski definition) is 3. The van der Waals surface area contributed by atoms with Crippen LogP contribution in [0.25, 0.3) is 55.6 Å². The summed E-state index contributed by atoms with van der Waals surface area (Å²) in [5, 5.41) is 13.6. The average Bonchev–Trinajstić information content (AvgIpc) is 3.73. The quantitative estimate of drug-likeness (QED) is 0.218. The van der Waals surface area contributed by atoms with Crippen LogP contribution in [0, 0.1) is 5.92 Å². The van der Waals surface area contributed by atoms with Gasteiger partial charge in [-0.2, -0.15) is 5.10 Å². The summed E-state index contributed by atoms with van der Waals surface area (Å²) >= 11 is 0. The highest BCUT2D eigenvalue weighted by Gasteiger charge is 2.18. The molecule has 0 atom stereocenters. The summed E-state index contributed by atoms with van der Waals surface area (Å²) in [6.07, 6.45) is 10.6. The van der Waals surface area contributed by atoms with E-state index in [0.29, 0.717) is 5.92 Å². The van der Waals surface area contributed by atoms with Crippen LogP contribution in [0.1, 0.15) is 25.7 Å². The molecule has 1 aliphatic carbocycles. The highest BCUT2D eigenvalue weighted by molar-refractivity contribution is 6.01. The molecule has 4 aromatic heterocycles. The molecule has 4 heterocycles. The Kier molecular flexibility index (Phi) is 5.51. The Morgan fingerprint density at radius 2 is 1.79 bits per heavy atom. The first-order valence-electron chi connectivity index (χ1n) is 13.2. The van der Waals surface area contributed by atoms with Gasteiger partial charge in [0.25, 0.3) is 0 Å². The molecule has 1 fully saturated rings. The molecular weight excluding hydrogens is 468 g/mol. The first-order chi connectivity index (χ1) is 18.7. The molecule has 6 heteroatoms. The Morgan fingerprint density at radius 1 is 0.868 bits per heavy atom. The molecule has 2 aromatic carbocycles. The molecule has 186 valence electrons. The summed E-state index contributed by atoms with van der Waals surface area (Å²) in [5.74, 6) is 0.554. The maximum atomic E-state index is 4.69. The number of benzene rings is 2. The molecule has 6 aromatic rings. The summed E-state index contributed by atoms with van der Waals surface area (Å²) in [6.45, 7) is 4.30. The van der Waals surface area contributed by atoms with Crippen LogP contribution in [-0.2, 0) is 0 Å². The number of rotatable bonds is 6. The Bertz CT molecular complexity index is 1770. The largest absolute Gasteiger partial charge is 0.358 e. The van der Waals surface area contributed by atoms with E-state index in [1.807, 2.05) is 36.8 Å². The number of H-pyrrole nitrogens is 2. The molecule has 0 spiro atoms. The Labute approximate surface area is 220 Å². The number of fused-ring (bicyclic) bond motifs is 2. The zero-order chi connectivity index (χ0) is 25.5. The number of aromatic amines is 2. The Morgan fingerprint density at radius 3 is 2.66 bits per heavy atom. The number of aromatic nitrogens is 5. The van der Waals surface area contributed by atoms with Crippen LogP contribution in [0.15, 0.2) is 97.6 Å². The zero-order valence-corrected chi connectivity index (χ0v) is 21.0. The van der Waals surface area contributed by atoms with Crippen molar-refractivity contribution < 1.29 is 0 Å². The standard InChI is InChI=1S/C32H28N6/c1-20(21-7-2-3-8-21)35-24-15-23(18-33-19-24)22-12-13-30-27(16-22)32(38-37-30)31-17-26-25(9-6-11-29(26)36-31)28-10-4-5-14-34-28/h4-6,9-19,21,35-36H,1-3,7-8H2,(H,37,38). The van der Waals surface area contributed by atoms with E-state index in [2.05, 4.69) is 85.6 Å². The van der Waals surface area contributed by atoms with Gasteiger partial charge in [0.1, 0.15) is 5.69 Å². The zero-order valence-electron chi connectivity index (χ0n) is 21.0. The third kappa shape index (κ3) is 4.04. The minimum absolute atomic E-state index is 0.554. The molecule has 0 bridgehead atoms. The summed E-state index contributed by atoms with van der Waals surface area (Å²) < 4.78 is 0. The van der Waals surface area contributed by atoms with Crippen molar-refractivity contribution >= 4 is 27.5 Å². The van der Waals surface area contributed by atoms with E-state index in [4.69, 9.17) is 0 Å². The average molecular weight is 497 g/mol. The minimum Gasteiger partial charge on any atom is -0.358 e. The fraction of sp³-hybridized carbons (Fsp3) is 0.156. The van der Waals surface area contributed by atoms with E-state index in [9.17, 15) is 0 Å². The van der Waals surface area contributed by atoms with Gasteiger partial charge >= 0.3 is 0 Å². The molecule has 6 nitrogen and oxygen atoms in total. The summed E-state index contributed by atoms with van der Waals surface area (Å²) in [5.41, 5.74) is 10.2. The summed E-state index contributed by atoms with van der Waals surface area (Å²) in [6, 6.07) is 23.0. The number of pyridine rings is 2. The van der Waals surface area contributed by atoms with Crippen molar-refractivity contribution in [3.8, 4) is 33.8 Å². The molecule has 38 heavy (non-hydrogen) atoms. The molecule has 0 amide bonds. The SMILES string of the molecule is C=C(Nc1cncc(-c2ccc3[nH]nc(-c4cc5c(-c6ccccn6)cccc5[nH]4)c3c2)c1)C1CCCC1. The van der Waals surface area contributed by atoms with Gasteiger partial charge in [-0.25, -0.2) is 0 Å². The maximum absolute atomic E-state index is 4.69. The fourth-order valence-electron chi connectivity index (χ4n) is 5.66. The van der Waals surface area contributed by atoms with Crippen LogP contribution in [0.3, 0.4) is 0 Å². The highest BCUT2D eigenvalue weighted by atomic mass is 15.1. The third-order valence-corrected chi connectivity index (χ3v) is 7.65. The second-order valence-corrected chi connectivity index (χ2v) is 10.1. The van der Waals surface area contributed by atoms with E-state index in [1.54, 1.807) is 0 Å². The smallest absolute Gasteiger partial charge is 0.116 e. The van der Waals surface area contributed by atoms with Crippen molar-refractivity contribution in [3.63, 3.8) is 0 Å². The lowest BCUT2D eigenvalue weighted by molar-refractivity contribution is 0.649. The lowest BCUT2D eigenvalue weighted by Gasteiger charge is -2.16. The molecule has 7 rings (SSSR count). The Hall–Kier alpha value is -4.71. The van der Waals surface area contributed by atoms with Gasteiger partial charge in [-0.15, -0.1) is 0 Å². The van der Waals surface area contributed by atoms with Crippen molar-refractivity contribution in [2.75, 3.05) is 5.32 Å². The van der Waals surface area contributed by atoms with Crippen molar-refractivity contribution in [1.82, 2.24) is 25.1 Å². The normalized spacial score (nSPS) is 13.9. The second-order valence-electron chi connectivity index (χ2n) is 10.1. The number of anilines is 1. The van der Waals surface area contributed by atoms with E-state index < -0.39 is 0 Å². The molecule has 1 aliphatic rings. The van der Waals surface area contributed by atoms with Crippen LogP contribution in [0.2, 0.25) is 0 Å².